The molecular formula is C11H8Cl2N4O2. The number of nitrogens with zero attached hydrogens (tertiary/aromatic N) is 3. The van der Waals surface area contributed by atoms with Crippen LogP contribution >= 0.6 is 23.2 Å². The van der Waals surface area contributed by atoms with Crippen LogP contribution in [0.2, 0.25) is 10.3 Å². The predicted molar refractivity (Wildman–Crippen MR) is 72.4 cm³/mol. The quantitative estimate of drug-likeness (QED) is 0.534. The summed E-state index contributed by atoms with van der Waals surface area (Å²) in [5.74, 6) is 0.00227. The molecule has 1 aromatic heterocycles. The summed E-state index contributed by atoms with van der Waals surface area (Å²) in [6, 6.07) is 6.08. The number of aromatic nitrogens is 2. The molecule has 2 N–H and O–H groups in total. The molecule has 2 rings (SSSR count). The third-order valence-corrected chi connectivity index (χ3v) is 3.08. The summed E-state index contributed by atoms with van der Waals surface area (Å²) in [6.07, 6.45) is 0.371. The molecule has 0 aliphatic carbocycles. The number of nitro groups is 1. The van der Waals surface area contributed by atoms with Crippen LogP contribution in [0.5, 0.6) is 0 Å². The topological polar surface area (TPSA) is 94.9 Å². The number of rotatable bonds is 3. The Labute approximate surface area is 118 Å². The van der Waals surface area contributed by atoms with E-state index in [1.165, 1.54) is 12.1 Å². The lowest BCUT2D eigenvalue weighted by molar-refractivity contribution is -0.384. The highest BCUT2D eigenvalue weighted by Crippen LogP contribution is 2.25. The minimum Gasteiger partial charge on any atom is -0.368 e. The van der Waals surface area contributed by atoms with E-state index in [1.807, 2.05) is 0 Å². The Morgan fingerprint density at radius 1 is 1.16 bits per heavy atom. The normalized spacial score (nSPS) is 10.4. The van der Waals surface area contributed by atoms with Crippen molar-refractivity contribution in [2.75, 3.05) is 5.73 Å². The van der Waals surface area contributed by atoms with E-state index in [2.05, 4.69) is 9.97 Å². The molecule has 0 radical (unpaired) electrons. The molecule has 2 aromatic rings. The molecule has 0 saturated carbocycles. The number of hydrogen-bond acceptors (Lipinski definition) is 5. The van der Waals surface area contributed by atoms with E-state index in [0.717, 1.165) is 5.56 Å². The number of non-ortho nitro benzene ring substituents is 1. The maximum absolute atomic E-state index is 10.5. The summed E-state index contributed by atoms with van der Waals surface area (Å²) in [5.41, 5.74) is 6.77. The monoisotopic (exact) mass is 298 g/mol. The lowest BCUT2D eigenvalue weighted by Crippen LogP contribution is -2.01. The first-order chi connectivity index (χ1) is 8.97. The lowest BCUT2D eigenvalue weighted by atomic mass is 10.1. The fourth-order valence-electron chi connectivity index (χ4n) is 1.53. The molecule has 98 valence electrons. The van der Waals surface area contributed by atoms with E-state index in [0.29, 0.717) is 12.0 Å². The highest BCUT2D eigenvalue weighted by molar-refractivity contribution is 6.34. The van der Waals surface area contributed by atoms with Gasteiger partial charge in [0.25, 0.3) is 5.69 Å². The Balaban J connectivity index is 2.29. The summed E-state index contributed by atoms with van der Waals surface area (Å²) in [7, 11) is 0. The maximum Gasteiger partial charge on any atom is 0.269 e. The molecule has 0 aliphatic heterocycles. The zero-order valence-electron chi connectivity index (χ0n) is 9.51. The van der Waals surface area contributed by atoms with Gasteiger partial charge in [-0.2, -0.15) is 0 Å². The maximum atomic E-state index is 10.5. The van der Waals surface area contributed by atoms with Crippen LogP contribution in [-0.2, 0) is 6.42 Å². The molecule has 19 heavy (non-hydrogen) atoms. The van der Waals surface area contributed by atoms with Gasteiger partial charge in [0.1, 0.15) is 10.3 Å². The molecule has 6 nitrogen and oxygen atoms in total. The Morgan fingerprint density at radius 3 is 2.16 bits per heavy atom. The Bertz CT molecular complexity index is 608. The van der Waals surface area contributed by atoms with Crippen LogP contribution in [0.15, 0.2) is 24.3 Å². The minimum atomic E-state index is -0.462. The summed E-state index contributed by atoms with van der Waals surface area (Å²) in [4.78, 5) is 17.7. The molecule has 0 aliphatic rings. The van der Waals surface area contributed by atoms with Crippen molar-refractivity contribution in [2.45, 2.75) is 6.42 Å². The van der Waals surface area contributed by atoms with Gasteiger partial charge >= 0.3 is 0 Å². The van der Waals surface area contributed by atoms with Gasteiger partial charge in [-0.25, -0.2) is 9.97 Å². The average molecular weight is 299 g/mol. The van der Waals surface area contributed by atoms with Crippen molar-refractivity contribution in [1.29, 1.82) is 0 Å². The smallest absolute Gasteiger partial charge is 0.269 e. The third-order valence-electron chi connectivity index (χ3n) is 2.45. The van der Waals surface area contributed by atoms with E-state index in [-0.39, 0.29) is 21.9 Å². The van der Waals surface area contributed by atoms with Gasteiger partial charge in [-0.1, -0.05) is 35.3 Å². The van der Waals surface area contributed by atoms with E-state index in [1.54, 1.807) is 12.1 Å². The SMILES string of the molecule is Nc1nc(Cl)c(Cc2ccc([N+](=O)[O-])cc2)c(Cl)n1. The van der Waals surface area contributed by atoms with Crippen molar-refractivity contribution in [2.24, 2.45) is 0 Å². The average Bonchev–Trinajstić information content (AvgIpc) is 2.34. The number of halogens is 2. The first-order valence-electron chi connectivity index (χ1n) is 5.18. The largest absolute Gasteiger partial charge is 0.368 e. The molecule has 0 bridgehead atoms. The van der Waals surface area contributed by atoms with Gasteiger partial charge in [-0.05, 0) is 5.56 Å². The predicted octanol–water partition coefficient (Wildman–Crippen LogP) is 2.86. The van der Waals surface area contributed by atoms with Gasteiger partial charge in [0.2, 0.25) is 5.95 Å². The molecule has 0 saturated heterocycles. The van der Waals surface area contributed by atoms with E-state index < -0.39 is 4.92 Å². The number of anilines is 1. The van der Waals surface area contributed by atoms with Crippen LogP contribution < -0.4 is 5.73 Å². The van der Waals surface area contributed by atoms with Crippen LogP contribution in [0.1, 0.15) is 11.1 Å². The van der Waals surface area contributed by atoms with Crippen molar-refractivity contribution in [1.82, 2.24) is 9.97 Å². The zero-order valence-corrected chi connectivity index (χ0v) is 11.0. The Morgan fingerprint density at radius 2 is 1.68 bits per heavy atom. The van der Waals surface area contributed by atoms with Gasteiger partial charge in [0.15, 0.2) is 0 Å². The number of nitrogens with two attached hydrogens (primary N) is 1. The molecule has 1 aromatic carbocycles. The van der Waals surface area contributed by atoms with Crippen molar-refractivity contribution in [3.8, 4) is 0 Å². The zero-order chi connectivity index (χ0) is 14.0. The van der Waals surface area contributed by atoms with Crippen molar-refractivity contribution in [3.05, 3.63) is 55.8 Å². The van der Waals surface area contributed by atoms with Crippen LogP contribution in [-0.4, -0.2) is 14.9 Å². The number of nitro benzene ring substituents is 1. The van der Waals surface area contributed by atoms with Crippen LogP contribution in [0.25, 0.3) is 0 Å². The number of nitrogen functional groups attached to an aromatic ring is 1. The summed E-state index contributed by atoms with van der Waals surface area (Å²) in [6.45, 7) is 0. The van der Waals surface area contributed by atoms with E-state index in [9.17, 15) is 10.1 Å². The third kappa shape index (κ3) is 3.10. The van der Waals surface area contributed by atoms with Crippen LogP contribution in [0.3, 0.4) is 0 Å². The molecule has 0 spiro atoms. The standard InChI is InChI=1S/C11H8Cl2N4O2/c12-9-8(10(13)16-11(14)15-9)5-6-1-3-7(4-2-6)17(18)19/h1-4H,5H2,(H2,14,15,16). The van der Waals surface area contributed by atoms with Gasteiger partial charge in [-0.3, -0.25) is 10.1 Å². The van der Waals surface area contributed by atoms with E-state index >= 15 is 0 Å². The van der Waals surface area contributed by atoms with Crippen molar-refractivity contribution < 1.29 is 4.92 Å². The minimum absolute atomic E-state index is 0.00227. The highest BCUT2D eigenvalue weighted by Gasteiger charge is 2.12. The summed E-state index contributed by atoms with van der Waals surface area (Å²) >= 11 is 11.9. The van der Waals surface area contributed by atoms with Gasteiger partial charge < -0.3 is 5.73 Å². The molecule has 0 atom stereocenters. The first kappa shape index (κ1) is 13.5. The van der Waals surface area contributed by atoms with Crippen LogP contribution in [0, 0.1) is 10.1 Å². The van der Waals surface area contributed by atoms with Gasteiger partial charge in [-0.15, -0.1) is 0 Å². The van der Waals surface area contributed by atoms with E-state index in [4.69, 9.17) is 28.9 Å². The van der Waals surface area contributed by atoms with Crippen LogP contribution in [0.4, 0.5) is 11.6 Å². The van der Waals surface area contributed by atoms with Crippen molar-refractivity contribution >= 4 is 34.8 Å². The molecule has 8 heteroatoms. The Hall–Kier alpha value is -1.92. The molecular weight excluding hydrogens is 291 g/mol. The molecule has 0 unspecified atom stereocenters. The molecule has 0 fully saturated rings. The molecule has 0 amide bonds. The summed E-state index contributed by atoms with van der Waals surface area (Å²) in [5, 5.41) is 10.9. The lowest BCUT2D eigenvalue weighted by Gasteiger charge is -2.06. The Kier molecular flexibility index (Phi) is 3.82. The van der Waals surface area contributed by atoms with Gasteiger partial charge in [0.05, 0.1) is 4.92 Å². The fraction of sp³-hybridized carbons (Fsp3) is 0.0909. The second-order valence-electron chi connectivity index (χ2n) is 3.74. The fourth-order valence-corrected chi connectivity index (χ4v) is 2.07. The molecule has 1 heterocycles. The van der Waals surface area contributed by atoms with Gasteiger partial charge in [0, 0.05) is 24.1 Å². The second-order valence-corrected chi connectivity index (χ2v) is 4.46. The highest BCUT2D eigenvalue weighted by atomic mass is 35.5. The first-order valence-corrected chi connectivity index (χ1v) is 5.93. The van der Waals surface area contributed by atoms with Crippen molar-refractivity contribution in [3.63, 3.8) is 0 Å². The second kappa shape index (κ2) is 5.38. The number of benzene rings is 1. The number of hydrogen-bond donors (Lipinski definition) is 1. The summed E-state index contributed by atoms with van der Waals surface area (Å²) < 4.78 is 0.